The average molecular weight is 471 g/mol. The van der Waals surface area contributed by atoms with E-state index in [1.54, 1.807) is 23.1 Å². The van der Waals surface area contributed by atoms with Crippen molar-refractivity contribution in [3.8, 4) is 5.75 Å². The molecule has 1 aromatic heterocycles. The highest BCUT2D eigenvalue weighted by Gasteiger charge is 2.25. The van der Waals surface area contributed by atoms with Gasteiger partial charge in [-0.15, -0.1) is 0 Å². The van der Waals surface area contributed by atoms with Crippen molar-refractivity contribution in [3.63, 3.8) is 0 Å². The largest absolute Gasteiger partial charge is 0.506 e. The van der Waals surface area contributed by atoms with Crippen LogP contribution in [0.1, 0.15) is 48.8 Å². The van der Waals surface area contributed by atoms with Crippen LogP contribution in [0.3, 0.4) is 0 Å². The summed E-state index contributed by atoms with van der Waals surface area (Å²) in [4.78, 5) is 18.7. The second kappa shape index (κ2) is 9.54. The summed E-state index contributed by atoms with van der Waals surface area (Å²) in [5.74, 6) is -0.355. The average Bonchev–Trinajstić information content (AvgIpc) is 2.71. The number of aromatic nitrogens is 1. The van der Waals surface area contributed by atoms with Gasteiger partial charge < -0.3 is 10.0 Å². The van der Waals surface area contributed by atoms with E-state index in [1.807, 2.05) is 0 Å². The summed E-state index contributed by atoms with van der Waals surface area (Å²) in [6.07, 6.45) is 4.28. The highest BCUT2D eigenvalue weighted by atomic mass is 35.5. The molecule has 0 unspecified atom stereocenters. The lowest BCUT2D eigenvalue weighted by Gasteiger charge is -2.31. The molecule has 2 aromatic rings. The van der Waals surface area contributed by atoms with Crippen LogP contribution in [0.25, 0.3) is 0 Å². The van der Waals surface area contributed by atoms with Crippen molar-refractivity contribution in [1.29, 1.82) is 0 Å². The number of aromatic hydroxyl groups is 1. The van der Waals surface area contributed by atoms with Crippen molar-refractivity contribution in [1.82, 2.24) is 9.88 Å². The number of sulfone groups is 1. The molecule has 0 spiro atoms. The Balaban J connectivity index is 1.76. The molecule has 1 saturated heterocycles. The quantitative estimate of drug-likeness (QED) is 0.659. The van der Waals surface area contributed by atoms with E-state index in [-0.39, 0.29) is 38.0 Å². The minimum Gasteiger partial charge on any atom is -0.506 e. The summed E-state index contributed by atoms with van der Waals surface area (Å²) < 4.78 is 25.6. The fraction of sp³-hybridized carbons (Fsp3) is 0.429. The smallest absolute Gasteiger partial charge is 0.272 e. The molecule has 1 N–H and O–H groups in total. The number of piperidine rings is 1. The molecule has 1 fully saturated rings. The van der Waals surface area contributed by atoms with E-state index in [0.717, 1.165) is 25.3 Å². The molecule has 3 rings (SSSR count). The molecule has 1 aliphatic rings. The van der Waals surface area contributed by atoms with Crippen LogP contribution in [0.15, 0.2) is 35.2 Å². The van der Waals surface area contributed by atoms with Gasteiger partial charge in [0.05, 0.1) is 26.4 Å². The topological polar surface area (TPSA) is 87.6 Å². The Morgan fingerprint density at radius 2 is 1.90 bits per heavy atom. The van der Waals surface area contributed by atoms with Crippen LogP contribution in [0.4, 0.5) is 0 Å². The van der Waals surface area contributed by atoms with Gasteiger partial charge in [-0.2, -0.15) is 0 Å². The molecular weight excluding hydrogens is 447 g/mol. The van der Waals surface area contributed by atoms with Gasteiger partial charge in [0, 0.05) is 19.2 Å². The zero-order valence-electron chi connectivity index (χ0n) is 16.6. The number of phenolic OH excluding ortho intramolecular Hbond substituents is 1. The second-order valence-corrected chi connectivity index (χ2v) is 10.3. The normalized spacial score (nSPS) is 15.4. The molecule has 1 aromatic carbocycles. The van der Waals surface area contributed by atoms with Gasteiger partial charge in [0.1, 0.15) is 11.4 Å². The Bertz CT molecular complexity index is 1040. The molecule has 2 heterocycles. The minimum atomic E-state index is -3.90. The number of likely N-dealkylation sites (tertiary alicyclic amines) is 1. The third-order valence-corrected chi connectivity index (χ3v) is 7.71. The van der Waals surface area contributed by atoms with Gasteiger partial charge in [-0.25, -0.2) is 13.4 Å². The van der Waals surface area contributed by atoms with Gasteiger partial charge in [-0.3, -0.25) is 4.79 Å². The minimum absolute atomic E-state index is 0.0348. The molecule has 6 nitrogen and oxygen atoms in total. The van der Waals surface area contributed by atoms with Gasteiger partial charge in [0.15, 0.2) is 9.84 Å². The van der Waals surface area contributed by atoms with Crippen molar-refractivity contribution in [3.05, 3.63) is 51.8 Å². The Hall–Kier alpha value is -1.83. The number of pyridine rings is 1. The molecule has 0 radical (unpaired) electrons. The highest BCUT2D eigenvalue weighted by Crippen LogP contribution is 2.34. The Morgan fingerprint density at radius 1 is 1.20 bits per heavy atom. The third kappa shape index (κ3) is 5.25. The first kappa shape index (κ1) is 22.8. The predicted octanol–water partition coefficient (Wildman–Crippen LogP) is 4.72. The van der Waals surface area contributed by atoms with Crippen LogP contribution >= 0.6 is 23.2 Å². The molecule has 1 amide bonds. The number of phenols is 1. The maximum Gasteiger partial charge on any atom is 0.272 e. The van der Waals surface area contributed by atoms with Gasteiger partial charge >= 0.3 is 0 Å². The number of rotatable bonds is 6. The van der Waals surface area contributed by atoms with Crippen molar-refractivity contribution < 1.29 is 18.3 Å². The first-order chi connectivity index (χ1) is 14.2. The van der Waals surface area contributed by atoms with E-state index in [9.17, 15) is 18.3 Å². The lowest BCUT2D eigenvalue weighted by Crippen LogP contribution is -2.38. The molecular formula is C21H24Cl2N2O4S. The predicted molar refractivity (Wildman–Crippen MR) is 117 cm³/mol. The number of hydrogen-bond acceptors (Lipinski definition) is 5. The number of nitrogens with zero attached hydrogens (tertiary/aromatic N) is 2. The summed E-state index contributed by atoms with van der Waals surface area (Å²) in [6, 6.07) is 6.97. The molecule has 0 atom stereocenters. The Morgan fingerprint density at radius 3 is 2.57 bits per heavy atom. The van der Waals surface area contributed by atoms with E-state index in [4.69, 9.17) is 23.2 Å². The van der Waals surface area contributed by atoms with E-state index in [0.29, 0.717) is 19.0 Å². The third-order valence-electron chi connectivity index (χ3n) is 5.30. The number of halogens is 2. The number of amides is 1. The summed E-state index contributed by atoms with van der Waals surface area (Å²) in [5.41, 5.74) is 0.453. The zero-order valence-corrected chi connectivity index (χ0v) is 19.0. The fourth-order valence-corrected chi connectivity index (χ4v) is 5.79. The van der Waals surface area contributed by atoms with Gasteiger partial charge in [-0.1, -0.05) is 49.0 Å². The molecule has 162 valence electrons. The maximum absolute atomic E-state index is 12.8. The summed E-state index contributed by atoms with van der Waals surface area (Å²) in [5, 5.41) is 9.63. The molecule has 0 saturated carbocycles. The summed E-state index contributed by atoms with van der Waals surface area (Å²) in [7, 11) is -3.90. The van der Waals surface area contributed by atoms with Crippen molar-refractivity contribution >= 4 is 38.9 Å². The van der Waals surface area contributed by atoms with Crippen LogP contribution in [0.5, 0.6) is 5.75 Å². The zero-order chi connectivity index (χ0) is 21.9. The lowest BCUT2D eigenvalue weighted by molar-refractivity contribution is 0.0680. The maximum atomic E-state index is 12.8. The van der Waals surface area contributed by atoms with E-state index in [2.05, 4.69) is 11.9 Å². The number of carbonyl (C=O) groups is 1. The van der Waals surface area contributed by atoms with Crippen LogP contribution in [-0.4, -0.2) is 42.4 Å². The van der Waals surface area contributed by atoms with E-state index < -0.39 is 15.6 Å². The fourth-order valence-electron chi connectivity index (χ4n) is 3.70. The van der Waals surface area contributed by atoms with Crippen LogP contribution in [0, 0.1) is 5.92 Å². The standard InChI is InChI=1S/C21H24Cl2N2O4S/c1-2-4-14-7-9-25(10-8-14)21(27)18-6-3-5-15(24-18)13-30(28,29)20-12-19(26)16(22)11-17(20)23/h3,5-6,11-12,14,26H,2,4,7-10,13H2,1H3. The van der Waals surface area contributed by atoms with Gasteiger partial charge in [0.2, 0.25) is 0 Å². The van der Waals surface area contributed by atoms with Crippen LogP contribution in [0.2, 0.25) is 10.0 Å². The molecule has 0 bridgehead atoms. The summed E-state index contributed by atoms with van der Waals surface area (Å²) in [6.45, 7) is 3.54. The Kier molecular flexibility index (Phi) is 7.26. The number of benzene rings is 1. The van der Waals surface area contributed by atoms with Gasteiger partial charge in [-0.05, 0) is 37.0 Å². The van der Waals surface area contributed by atoms with Crippen LogP contribution < -0.4 is 0 Å². The van der Waals surface area contributed by atoms with E-state index >= 15 is 0 Å². The first-order valence-electron chi connectivity index (χ1n) is 9.87. The van der Waals surface area contributed by atoms with Gasteiger partial charge in [0.25, 0.3) is 5.91 Å². The number of hydrogen-bond donors (Lipinski definition) is 1. The second-order valence-electron chi connectivity index (χ2n) is 7.53. The van der Waals surface area contributed by atoms with Crippen LogP contribution in [-0.2, 0) is 15.6 Å². The molecule has 30 heavy (non-hydrogen) atoms. The summed E-state index contributed by atoms with van der Waals surface area (Å²) >= 11 is 11.8. The molecule has 1 aliphatic heterocycles. The molecule has 9 heteroatoms. The van der Waals surface area contributed by atoms with Crippen molar-refractivity contribution in [2.24, 2.45) is 5.92 Å². The Labute approximate surface area is 186 Å². The lowest BCUT2D eigenvalue weighted by atomic mass is 9.92. The van der Waals surface area contributed by atoms with E-state index in [1.165, 1.54) is 12.5 Å². The van der Waals surface area contributed by atoms with Crippen molar-refractivity contribution in [2.45, 2.75) is 43.3 Å². The molecule has 0 aliphatic carbocycles. The number of carbonyl (C=O) groups excluding carboxylic acids is 1. The first-order valence-corrected chi connectivity index (χ1v) is 12.3. The monoisotopic (exact) mass is 470 g/mol. The SMILES string of the molecule is CCCC1CCN(C(=O)c2cccc(CS(=O)(=O)c3cc(O)c(Cl)cc3Cl)n2)CC1. The van der Waals surface area contributed by atoms with Crippen molar-refractivity contribution in [2.75, 3.05) is 13.1 Å². The highest BCUT2D eigenvalue weighted by molar-refractivity contribution is 7.90.